The molecular weight excluding hydrogens is 222 g/mol. The molecule has 3 nitrogen and oxygen atoms in total. The van der Waals surface area contributed by atoms with Gasteiger partial charge in [-0.3, -0.25) is 4.98 Å². The van der Waals surface area contributed by atoms with Crippen LogP contribution in [0.4, 0.5) is 5.69 Å². The Balaban J connectivity index is 2.13. The van der Waals surface area contributed by atoms with Crippen molar-refractivity contribution in [1.82, 2.24) is 4.98 Å². The number of nitrogens with two attached hydrogens (primary N) is 1. The largest absolute Gasteiger partial charge is 0.370 e. The van der Waals surface area contributed by atoms with E-state index in [0.29, 0.717) is 6.54 Å². The van der Waals surface area contributed by atoms with Gasteiger partial charge in [-0.2, -0.15) is 0 Å². The molecule has 0 amide bonds. The van der Waals surface area contributed by atoms with Gasteiger partial charge in [-0.25, -0.2) is 0 Å². The van der Waals surface area contributed by atoms with Gasteiger partial charge in [0.05, 0.1) is 0 Å². The Kier molecular flexibility index (Phi) is 3.95. The molecule has 18 heavy (non-hydrogen) atoms. The molecule has 0 unspecified atom stereocenters. The van der Waals surface area contributed by atoms with E-state index in [9.17, 15) is 0 Å². The van der Waals surface area contributed by atoms with Gasteiger partial charge in [0.1, 0.15) is 0 Å². The van der Waals surface area contributed by atoms with E-state index in [1.54, 1.807) is 0 Å². The van der Waals surface area contributed by atoms with Crippen molar-refractivity contribution in [1.29, 1.82) is 0 Å². The summed E-state index contributed by atoms with van der Waals surface area (Å²) in [5.41, 5.74) is 10.4. The molecule has 0 fully saturated rings. The fraction of sp³-hybridized carbons (Fsp3) is 0.267. The van der Waals surface area contributed by atoms with Crippen molar-refractivity contribution in [2.45, 2.75) is 20.0 Å². The number of aromatic nitrogens is 1. The van der Waals surface area contributed by atoms with Crippen LogP contribution >= 0.6 is 0 Å². The summed E-state index contributed by atoms with van der Waals surface area (Å²) in [6.07, 6.45) is 3.79. The molecule has 1 heterocycles. The second-order valence-corrected chi connectivity index (χ2v) is 4.60. The van der Waals surface area contributed by atoms with Crippen molar-refractivity contribution in [3.8, 4) is 0 Å². The molecule has 0 radical (unpaired) electrons. The van der Waals surface area contributed by atoms with Crippen LogP contribution in [0.3, 0.4) is 0 Å². The Morgan fingerprint density at radius 3 is 2.72 bits per heavy atom. The van der Waals surface area contributed by atoms with Crippen LogP contribution in [0.25, 0.3) is 0 Å². The minimum Gasteiger partial charge on any atom is -0.370 e. The number of hydrogen-bond donors (Lipinski definition) is 1. The van der Waals surface area contributed by atoms with Crippen molar-refractivity contribution in [2.24, 2.45) is 5.73 Å². The van der Waals surface area contributed by atoms with E-state index >= 15 is 0 Å². The van der Waals surface area contributed by atoms with Gasteiger partial charge in [0.15, 0.2) is 0 Å². The van der Waals surface area contributed by atoms with Gasteiger partial charge in [0.2, 0.25) is 0 Å². The first-order valence-electron chi connectivity index (χ1n) is 6.09. The molecule has 0 bridgehead atoms. The van der Waals surface area contributed by atoms with Crippen LogP contribution < -0.4 is 10.6 Å². The highest BCUT2D eigenvalue weighted by atomic mass is 15.1. The van der Waals surface area contributed by atoms with Gasteiger partial charge in [-0.15, -0.1) is 0 Å². The molecule has 0 aliphatic carbocycles. The Labute approximate surface area is 108 Å². The Hall–Kier alpha value is -1.87. The normalized spacial score (nSPS) is 10.4. The molecule has 3 heteroatoms. The second-order valence-electron chi connectivity index (χ2n) is 4.60. The molecule has 2 aromatic rings. The second kappa shape index (κ2) is 5.65. The average molecular weight is 241 g/mol. The minimum absolute atomic E-state index is 0.577. The van der Waals surface area contributed by atoms with E-state index in [4.69, 9.17) is 5.73 Å². The number of aryl methyl sites for hydroxylation is 1. The maximum Gasteiger partial charge on any atom is 0.0441 e. The first kappa shape index (κ1) is 12.6. The van der Waals surface area contributed by atoms with Gasteiger partial charge >= 0.3 is 0 Å². The fourth-order valence-corrected chi connectivity index (χ4v) is 1.99. The molecular formula is C15H19N3. The van der Waals surface area contributed by atoms with Crippen LogP contribution in [0.15, 0.2) is 42.7 Å². The summed E-state index contributed by atoms with van der Waals surface area (Å²) >= 11 is 0. The van der Waals surface area contributed by atoms with Crippen LogP contribution in [0.1, 0.15) is 16.7 Å². The zero-order chi connectivity index (χ0) is 13.0. The molecule has 2 N–H and O–H groups in total. The fourth-order valence-electron chi connectivity index (χ4n) is 1.99. The lowest BCUT2D eigenvalue weighted by molar-refractivity contribution is 0.909. The average Bonchev–Trinajstić information content (AvgIpc) is 2.39. The lowest BCUT2D eigenvalue weighted by atomic mass is 10.1. The molecule has 0 saturated carbocycles. The molecule has 0 spiro atoms. The number of anilines is 1. The van der Waals surface area contributed by atoms with Crippen LogP contribution in [0.2, 0.25) is 0 Å². The van der Waals surface area contributed by atoms with Crippen molar-refractivity contribution < 1.29 is 0 Å². The van der Waals surface area contributed by atoms with E-state index in [-0.39, 0.29) is 0 Å². The quantitative estimate of drug-likeness (QED) is 0.894. The standard InChI is InChI=1S/C15H19N3/c1-12-6-14(10-17-9-12)11-18(2)15-5-3-4-13(7-15)8-16/h3-7,9-10H,8,11,16H2,1-2H3. The lowest BCUT2D eigenvalue weighted by Crippen LogP contribution is -2.16. The summed E-state index contributed by atoms with van der Waals surface area (Å²) in [5, 5.41) is 0. The number of pyridine rings is 1. The summed E-state index contributed by atoms with van der Waals surface area (Å²) in [6, 6.07) is 10.5. The van der Waals surface area contributed by atoms with Gasteiger partial charge in [-0.05, 0) is 35.7 Å². The molecule has 0 aliphatic heterocycles. The predicted molar refractivity (Wildman–Crippen MR) is 75.4 cm³/mol. The van der Waals surface area contributed by atoms with E-state index in [1.807, 2.05) is 24.5 Å². The molecule has 1 aromatic heterocycles. The Bertz CT molecular complexity index is 523. The van der Waals surface area contributed by atoms with Crippen molar-refractivity contribution in [3.63, 3.8) is 0 Å². The van der Waals surface area contributed by atoms with Gasteiger partial charge < -0.3 is 10.6 Å². The number of nitrogens with zero attached hydrogens (tertiary/aromatic N) is 2. The third kappa shape index (κ3) is 3.08. The lowest BCUT2D eigenvalue weighted by Gasteiger charge is -2.20. The molecule has 0 saturated heterocycles. The van der Waals surface area contributed by atoms with Crippen molar-refractivity contribution in [2.75, 3.05) is 11.9 Å². The Morgan fingerprint density at radius 2 is 2.00 bits per heavy atom. The highest BCUT2D eigenvalue weighted by molar-refractivity contribution is 5.48. The third-order valence-electron chi connectivity index (χ3n) is 2.94. The van der Waals surface area contributed by atoms with Crippen molar-refractivity contribution in [3.05, 3.63) is 59.4 Å². The number of benzene rings is 1. The van der Waals surface area contributed by atoms with Gasteiger partial charge in [0.25, 0.3) is 0 Å². The van der Waals surface area contributed by atoms with E-state index < -0.39 is 0 Å². The first-order valence-corrected chi connectivity index (χ1v) is 6.09. The molecule has 0 atom stereocenters. The van der Waals surface area contributed by atoms with Crippen LogP contribution in [-0.2, 0) is 13.1 Å². The smallest absolute Gasteiger partial charge is 0.0441 e. The maximum absolute atomic E-state index is 5.66. The van der Waals surface area contributed by atoms with Crippen LogP contribution in [0.5, 0.6) is 0 Å². The van der Waals surface area contributed by atoms with E-state index in [2.05, 4.69) is 42.1 Å². The highest BCUT2D eigenvalue weighted by Crippen LogP contribution is 2.17. The minimum atomic E-state index is 0.577. The molecule has 1 aromatic carbocycles. The number of rotatable bonds is 4. The van der Waals surface area contributed by atoms with Crippen LogP contribution in [0, 0.1) is 6.92 Å². The molecule has 0 aliphatic rings. The number of hydrogen-bond acceptors (Lipinski definition) is 3. The van der Waals surface area contributed by atoms with E-state index in [1.165, 1.54) is 16.8 Å². The highest BCUT2D eigenvalue weighted by Gasteiger charge is 2.03. The topological polar surface area (TPSA) is 42.2 Å². The molecule has 2 rings (SSSR count). The maximum atomic E-state index is 5.66. The molecule has 94 valence electrons. The summed E-state index contributed by atoms with van der Waals surface area (Å²) in [5.74, 6) is 0. The summed E-state index contributed by atoms with van der Waals surface area (Å²) < 4.78 is 0. The first-order chi connectivity index (χ1) is 8.69. The summed E-state index contributed by atoms with van der Waals surface area (Å²) in [7, 11) is 2.08. The van der Waals surface area contributed by atoms with E-state index in [0.717, 1.165) is 12.1 Å². The summed E-state index contributed by atoms with van der Waals surface area (Å²) in [6.45, 7) is 3.49. The summed E-state index contributed by atoms with van der Waals surface area (Å²) in [4.78, 5) is 6.42. The van der Waals surface area contributed by atoms with Gasteiger partial charge in [0, 0.05) is 38.2 Å². The van der Waals surface area contributed by atoms with Crippen LogP contribution in [-0.4, -0.2) is 12.0 Å². The SMILES string of the molecule is Cc1cncc(CN(C)c2cccc(CN)c2)c1. The monoisotopic (exact) mass is 241 g/mol. The van der Waals surface area contributed by atoms with Gasteiger partial charge in [-0.1, -0.05) is 18.2 Å². The Morgan fingerprint density at radius 1 is 1.17 bits per heavy atom. The van der Waals surface area contributed by atoms with Crippen molar-refractivity contribution >= 4 is 5.69 Å². The zero-order valence-corrected chi connectivity index (χ0v) is 10.9. The zero-order valence-electron chi connectivity index (χ0n) is 10.9. The predicted octanol–water partition coefficient (Wildman–Crippen LogP) is 2.49. The third-order valence-corrected chi connectivity index (χ3v) is 2.94.